The van der Waals surface area contributed by atoms with E-state index in [4.69, 9.17) is 0 Å². The number of rotatable bonds is 3. The Balaban J connectivity index is 0. The average molecular weight is 241 g/mol. The van der Waals surface area contributed by atoms with E-state index in [-0.39, 0.29) is 51.4 Å². The summed E-state index contributed by atoms with van der Waals surface area (Å²) in [5, 5.41) is 18.9. The number of alkyl halides is 2. The fraction of sp³-hybridized carbons (Fsp3) is 0.250. The fourth-order valence-corrected chi connectivity index (χ4v) is 0.302. The molecule has 0 N–H and O–H groups in total. The van der Waals surface area contributed by atoms with Crippen LogP contribution in [0.25, 0.3) is 0 Å². The molecule has 0 saturated heterocycles. The summed E-state index contributed by atoms with van der Waals surface area (Å²) in [6.07, 6.45) is 0. The van der Waals surface area contributed by atoms with Crippen molar-refractivity contribution in [3.05, 3.63) is 21.8 Å². The van der Waals surface area contributed by atoms with Gasteiger partial charge in [0.1, 0.15) is 10.9 Å². The van der Waals surface area contributed by atoms with Crippen molar-refractivity contribution in [2.24, 2.45) is 0 Å². The Morgan fingerprint density at radius 1 is 1.29 bits per heavy atom. The molecule has 10 heteroatoms. The van der Waals surface area contributed by atoms with Gasteiger partial charge in [0.15, 0.2) is 5.83 Å². The van der Waals surface area contributed by atoms with E-state index in [2.05, 4.69) is 0 Å². The number of carbonyl (C=O) groups is 1. The van der Waals surface area contributed by atoms with Crippen molar-refractivity contribution >= 4 is 5.97 Å². The van der Waals surface area contributed by atoms with Gasteiger partial charge in [0, 0.05) is 0 Å². The summed E-state index contributed by atoms with van der Waals surface area (Å²) >= 11 is 0. The molecule has 74 valence electrons. The minimum absolute atomic E-state index is 0. The Morgan fingerprint density at radius 2 is 1.64 bits per heavy atom. The predicted molar refractivity (Wildman–Crippen MR) is 26.2 cm³/mol. The number of carboxylic acids is 1. The Bertz CT molecular complexity index is 291. The van der Waals surface area contributed by atoms with E-state index in [1.165, 1.54) is 0 Å². The summed E-state index contributed by atoms with van der Waals surface area (Å²) in [4.78, 5) is 16.4. The monoisotopic (exact) mass is 241 g/mol. The van der Waals surface area contributed by atoms with Crippen LogP contribution in [0.3, 0.4) is 0 Å². The molecule has 0 bridgehead atoms. The first-order valence-corrected chi connectivity index (χ1v) is 2.50. The van der Waals surface area contributed by atoms with E-state index in [1.807, 2.05) is 0 Å². The van der Waals surface area contributed by atoms with Crippen LogP contribution in [0.4, 0.5) is 17.6 Å². The first-order chi connectivity index (χ1) is 5.71. The summed E-state index contributed by atoms with van der Waals surface area (Å²) in [6.45, 7) is 0. The maximum atomic E-state index is 12.0. The number of hydrogen-bond donors (Lipinski definition) is 0. The summed E-state index contributed by atoms with van der Waals surface area (Å²) in [5.41, 5.74) is 0. The summed E-state index contributed by atoms with van der Waals surface area (Å²) in [6, 6.07) is -5.40. The van der Waals surface area contributed by atoms with E-state index in [0.717, 1.165) is 0 Å². The number of nitrogens with zero attached hydrogens (tertiary/aromatic N) is 1. The van der Waals surface area contributed by atoms with E-state index in [0.29, 0.717) is 0 Å². The second-order valence-electron chi connectivity index (χ2n) is 1.71. The van der Waals surface area contributed by atoms with Crippen LogP contribution in [0.15, 0.2) is 11.7 Å². The zero-order chi connectivity index (χ0) is 10.8. The third kappa shape index (κ3) is 3.61. The van der Waals surface area contributed by atoms with E-state index >= 15 is 0 Å². The second-order valence-corrected chi connectivity index (χ2v) is 1.71. The predicted octanol–water partition coefficient (Wildman–Crippen LogP) is -3.24. The molecular weight excluding hydrogens is 241 g/mol. The summed E-state index contributed by atoms with van der Waals surface area (Å²) in [7, 11) is 0. The van der Waals surface area contributed by atoms with Crippen molar-refractivity contribution in [1.82, 2.24) is 0 Å². The van der Waals surface area contributed by atoms with Crippen molar-refractivity contribution in [1.29, 1.82) is 0 Å². The van der Waals surface area contributed by atoms with Gasteiger partial charge in [0.25, 0.3) is 5.83 Å². The third-order valence-electron chi connectivity index (χ3n) is 0.865. The van der Waals surface area contributed by atoms with Gasteiger partial charge in [-0.25, -0.2) is 4.39 Å². The van der Waals surface area contributed by atoms with Crippen LogP contribution < -0.4 is 56.5 Å². The Hall–Kier alpha value is -0.0336. The zero-order valence-electron chi connectivity index (χ0n) is 6.59. The SMILES string of the molecule is O=C([O-])/C(F)=C(\F)C(F)(F)[N+](=O)[O-].[K+]. The molecule has 0 aromatic heterocycles. The third-order valence-corrected chi connectivity index (χ3v) is 0.865. The molecule has 14 heavy (non-hydrogen) atoms. The molecule has 0 fully saturated rings. The second kappa shape index (κ2) is 5.75. The van der Waals surface area contributed by atoms with E-state index < -0.39 is 28.6 Å². The van der Waals surface area contributed by atoms with Crippen molar-refractivity contribution < 1.29 is 83.8 Å². The molecule has 0 radical (unpaired) electrons. The van der Waals surface area contributed by atoms with Gasteiger partial charge in [0.2, 0.25) is 0 Å². The van der Waals surface area contributed by atoms with Crippen molar-refractivity contribution in [3.8, 4) is 0 Å². The first-order valence-electron chi connectivity index (χ1n) is 2.50. The molecule has 0 rings (SSSR count). The molecule has 0 amide bonds. The molecule has 0 aliphatic carbocycles. The number of nitro groups is 1. The smallest absolute Gasteiger partial charge is 0.542 e. The molecule has 0 spiro atoms. The number of carboxylic acid groups (broad SMARTS) is 1. The van der Waals surface area contributed by atoms with Gasteiger partial charge >= 0.3 is 57.4 Å². The molecule has 0 saturated carbocycles. The van der Waals surface area contributed by atoms with Crippen LogP contribution in [0.1, 0.15) is 0 Å². The molecule has 0 heterocycles. The van der Waals surface area contributed by atoms with Crippen LogP contribution in [-0.4, -0.2) is 16.9 Å². The van der Waals surface area contributed by atoms with Crippen LogP contribution >= 0.6 is 0 Å². The normalized spacial score (nSPS) is 12.6. The molecule has 0 aliphatic rings. The van der Waals surface area contributed by atoms with Crippen molar-refractivity contribution in [2.45, 2.75) is 6.05 Å². The number of aliphatic carboxylic acids is 1. The molecule has 0 unspecified atom stereocenters. The zero-order valence-corrected chi connectivity index (χ0v) is 9.72. The Morgan fingerprint density at radius 3 is 1.86 bits per heavy atom. The number of halogens is 4. The number of carbonyl (C=O) groups excluding carboxylic acids is 1. The minimum Gasteiger partial charge on any atom is -0.542 e. The molecule has 0 aromatic rings. The van der Waals surface area contributed by atoms with Gasteiger partial charge in [-0.05, 0) is 0 Å². The topological polar surface area (TPSA) is 83.3 Å². The van der Waals surface area contributed by atoms with E-state index in [9.17, 15) is 37.6 Å². The quantitative estimate of drug-likeness (QED) is 0.130. The summed E-state index contributed by atoms with van der Waals surface area (Å²) < 4.78 is 47.6. The molecular formula is C4F4KNO4. The van der Waals surface area contributed by atoms with Crippen LogP contribution in [0, 0.1) is 10.1 Å². The van der Waals surface area contributed by atoms with Crippen LogP contribution in [-0.2, 0) is 4.79 Å². The number of hydrogen-bond acceptors (Lipinski definition) is 4. The van der Waals surface area contributed by atoms with E-state index in [1.54, 1.807) is 0 Å². The molecule has 5 nitrogen and oxygen atoms in total. The Kier molecular flexibility index (Phi) is 6.74. The van der Waals surface area contributed by atoms with Gasteiger partial charge in [-0.1, -0.05) is 0 Å². The summed E-state index contributed by atoms with van der Waals surface area (Å²) in [5.74, 6) is -9.18. The minimum atomic E-state index is -5.40. The van der Waals surface area contributed by atoms with Crippen LogP contribution in [0.2, 0.25) is 0 Å². The maximum absolute atomic E-state index is 12.0. The Labute approximate surface area is 116 Å². The van der Waals surface area contributed by atoms with Gasteiger partial charge in [0.05, 0.1) is 0 Å². The average Bonchev–Trinajstić information content (AvgIpc) is 2.01. The van der Waals surface area contributed by atoms with Gasteiger partial charge in [-0.2, -0.15) is 4.39 Å². The van der Waals surface area contributed by atoms with Crippen molar-refractivity contribution in [2.75, 3.05) is 0 Å². The van der Waals surface area contributed by atoms with Gasteiger partial charge < -0.3 is 9.90 Å². The molecule has 0 aromatic carbocycles. The van der Waals surface area contributed by atoms with Crippen LogP contribution in [0.5, 0.6) is 0 Å². The standard InChI is InChI=1S/C4HF4NO4.K/c5-1(3(10)11)2(6)4(7,8)9(12)13;/h(H,10,11);/q;+1/p-1/b2-1+;. The molecule has 0 atom stereocenters. The van der Waals surface area contributed by atoms with Gasteiger partial charge in [-0.3, -0.25) is 10.1 Å². The van der Waals surface area contributed by atoms with Gasteiger partial charge in [-0.15, -0.1) is 8.78 Å². The largest absolute Gasteiger partial charge is 1.00 e. The fourth-order valence-electron chi connectivity index (χ4n) is 0.302. The maximum Gasteiger partial charge on any atom is 1.00 e. The first kappa shape index (κ1) is 16.4. The molecule has 0 aliphatic heterocycles. The van der Waals surface area contributed by atoms with Crippen molar-refractivity contribution in [3.63, 3.8) is 0 Å².